The van der Waals surface area contributed by atoms with Crippen molar-refractivity contribution in [3.05, 3.63) is 10.5 Å². The van der Waals surface area contributed by atoms with Crippen molar-refractivity contribution in [3.63, 3.8) is 0 Å². The molecule has 11 heavy (non-hydrogen) atoms. The van der Waals surface area contributed by atoms with Crippen LogP contribution in [0, 0.1) is 0 Å². The van der Waals surface area contributed by atoms with Crippen LogP contribution in [0.5, 0.6) is 0 Å². The summed E-state index contributed by atoms with van der Waals surface area (Å²) in [5, 5.41) is 3.58. The summed E-state index contributed by atoms with van der Waals surface area (Å²) in [6, 6.07) is 0. The normalized spacial score (nSPS) is 23.1. The minimum atomic E-state index is 0. The van der Waals surface area contributed by atoms with Gasteiger partial charge in [-0.25, -0.2) is 0 Å². The van der Waals surface area contributed by atoms with Crippen LogP contribution in [0.25, 0.3) is 0 Å². The highest BCUT2D eigenvalue weighted by Crippen LogP contribution is 2.35. The number of rotatable bonds is 0. The van der Waals surface area contributed by atoms with Crippen LogP contribution in [0.3, 0.4) is 0 Å². The number of thioether (sulfide) groups is 1. The van der Waals surface area contributed by atoms with E-state index in [1.807, 2.05) is 0 Å². The van der Waals surface area contributed by atoms with E-state index in [1.54, 1.807) is 0 Å². The van der Waals surface area contributed by atoms with Gasteiger partial charge in [0.2, 0.25) is 0 Å². The predicted molar refractivity (Wildman–Crippen MR) is 49.0 cm³/mol. The number of hydrogen-bond acceptors (Lipinski definition) is 3. The molecule has 2 heterocycles. The Hall–Kier alpha value is 0.01000. The summed E-state index contributed by atoms with van der Waals surface area (Å²) in [5.41, 5.74) is 1.33. The van der Waals surface area contributed by atoms with Crippen molar-refractivity contribution in [1.29, 1.82) is 0 Å². The van der Waals surface area contributed by atoms with E-state index in [4.69, 9.17) is 0 Å². The smallest absolute Gasteiger partial charge is 0.197 e. The van der Waals surface area contributed by atoms with E-state index in [-0.39, 0.29) is 12.4 Å². The standard InChI is InChI=1S/C7H9NOS.ClH/c9-7-3-5-4-8-2-1-6(5)10-7;/h8H,1-4H2;1H. The first-order chi connectivity index (χ1) is 4.86. The molecule has 0 aliphatic carbocycles. The second-order valence-corrected chi connectivity index (χ2v) is 3.76. The summed E-state index contributed by atoms with van der Waals surface area (Å²) in [5.74, 6) is 0. The third kappa shape index (κ3) is 1.78. The minimum Gasteiger partial charge on any atom is -0.313 e. The molecule has 0 fully saturated rings. The van der Waals surface area contributed by atoms with Gasteiger partial charge >= 0.3 is 0 Å². The SMILES string of the molecule is Cl.O=C1CC2=C(CCNC2)S1. The van der Waals surface area contributed by atoms with Crippen LogP contribution in [0.4, 0.5) is 0 Å². The molecule has 0 spiro atoms. The maximum atomic E-state index is 10.9. The molecule has 0 aromatic heterocycles. The Bertz CT molecular complexity index is 194. The molecule has 0 amide bonds. The summed E-state index contributed by atoms with van der Waals surface area (Å²) in [7, 11) is 0. The van der Waals surface area contributed by atoms with Gasteiger partial charge in [0.05, 0.1) is 0 Å². The van der Waals surface area contributed by atoms with Crippen molar-refractivity contribution in [2.45, 2.75) is 12.8 Å². The summed E-state index contributed by atoms with van der Waals surface area (Å²) in [6.07, 6.45) is 1.75. The predicted octanol–water partition coefficient (Wildman–Crippen LogP) is 1.32. The molecule has 0 saturated carbocycles. The zero-order valence-corrected chi connectivity index (χ0v) is 7.69. The van der Waals surface area contributed by atoms with E-state index in [0.717, 1.165) is 19.5 Å². The van der Waals surface area contributed by atoms with E-state index in [0.29, 0.717) is 11.5 Å². The van der Waals surface area contributed by atoms with E-state index >= 15 is 0 Å². The molecule has 2 rings (SSSR count). The number of carbonyl (C=O) groups excluding carboxylic acids is 1. The van der Waals surface area contributed by atoms with E-state index in [1.165, 1.54) is 22.2 Å². The van der Waals surface area contributed by atoms with Gasteiger partial charge in [-0.15, -0.1) is 12.4 Å². The summed E-state index contributed by atoms with van der Waals surface area (Å²) >= 11 is 1.45. The topological polar surface area (TPSA) is 29.1 Å². The lowest BCUT2D eigenvalue weighted by molar-refractivity contribution is -0.110. The minimum absolute atomic E-state index is 0. The maximum absolute atomic E-state index is 10.9. The van der Waals surface area contributed by atoms with Gasteiger partial charge in [-0.05, 0) is 23.4 Å². The number of hydrogen-bond donors (Lipinski definition) is 1. The largest absolute Gasteiger partial charge is 0.313 e. The summed E-state index contributed by atoms with van der Waals surface area (Å²) in [6.45, 7) is 1.98. The fourth-order valence-corrected chi connectivity index (χ4v) is 2.36. The third-order valence-electron chi connectivity index (χ3n) is 1.86. The van der Waals surface area contributed by atoms with Crippen LogP contribution in [0.2, 0.25) is 0 Å². The lowest BCUT2D eigenvalue weighted by Crippen LogP contribution is -2.22. The molecular weight excluding hydrogens is 182 g/mol. The zero-order chi connectivity index (χ0) is 6.97. The molecule has 2 nitrogen and oxygen atoms in total. The van der Waals surface area contributed by atoms with Gasteiger partial charge < -0.3 is 5.32 Å². The van der Waals surface area contributed by atoms with E-state index in [9.17, 15) is 4.79 Å². The maximum Gasteiger partial charge on any atom is 0.197 e. The molecule has 0 bridgehead atoms. The van der Waals surface area contributed by atoms with Crippen LogP contribution in [-0.2, 0) is 4.79 Å². The molecule has 0 saturated heterocycles. The number of carbonyl (C=O) groups is 1. The molecule has 0 radical (unpaired) electrons. The molecule has 0 aromatic carbocycles. The average Bonchev–Trinajstić information content (AvgIpc) is 2.27. The highest BCUT2D eigenvalue weighted by atomic mass is 35.5. The highest BCUT2D eigenvalue weighted by Gasteiger charge is 2.23. The van der Waals surface area contributed by atoms with Gasteiger partial charge in [-0.2, -0.15) is 0 Å². The molecule has 0 atom stereocenters. The van der Waals surface area contributed by atoms with Crippen LogP contribution >= 0.6 is 24.2 Å². The van der Waals surface area contributed by atoms with E-state index < -0.39 is 0 Å². The van der Waals surface area contributed by atoms with Crippen LogP contribution in [0.15, 0.2) is 10.5 Å². The fourth-order valence-electron chi connectivity index (χ4n) is 1.35. The average molecular weight is 192 g/mol. The fraction of sp³-hybridized carbons (Fsp3) is 0.571. The van der Waals surface area contributed by atoms with Crippen molar-refractivity contribution in [2.24, 2.45) is 0 Å². The molecule has 0 unspecified atom stereocenters. The van der Waals surface area contributed by atoms with Crippen LogP contribution < -0.4 is 5.32 Å². The van der Waals surface area contributed by atoms with Gasteiger partial charge in [0, 0.05) is 13.0 Å². The van der Waals surface area contributed by atoms with Crippen molar-refractivity contribution in [1.82, 2.24) is 5.32 Å². The second kappa shape index (κ2) is 3.61. The summed E-state index contributed by atoms with van der Waals surface area (Å²) < 4.78 is 0. The lowest BCUT2D eigenvalue weighted by Gasteiger charge is -2.12. The highest BCUT2D eigenvalue weighted by molar-refractivity contribution is 8.17. The monoisotopic (exact) mass is 191 g/mol. The van der Waals surface area contributed by atoms with Crippen molar-refractivity contribution in [2.75, 3.05) is 13.1 Å². The zero-order valence-electron chi connectivity index (χ0n) is 6.05. The molecule has 1 N–H and O–H groups in total. The van der Waals surface area contributed by atoms with E-state index in [2.05, 4.69) is 5.32 Å². The number of nitrogens with one attached hydrogen (secondary N) is 1. The van der Waals surface area contributed by atoms with Gasteiger partial charge in [-0.3, -0.25) is 4.79 Å². The Labute approximate surface area is 76.2 Å². The van der Waals surface area contributed by atoms with Crippen LogP contribution in [0.1, 0.15) is 12.8 Å². The van der Waals surface area contributed by atoms with Crippen LogP contribution in [-0.4, -0.2) is 18.2 Å². The first kappa shape index (κ1) is 9.10. The third-order valence-corrected chi connectivity index (χ3v) is 2.97. The second-order valence-electron chi connectivity index (χ2n) is 2.60. The Morgan fingerprint density at radius 3 is 3.00 bits per heavy atom. The molecule has 62 valence electrons. The van der Waals surface area contributed by atoms with Crippen molar-refractivity contribution < 1.29 is 4.79 Å². The Balaban J connectivity index is 0.000000605. The quantitative estimate of drug-likeness (QED) is 0.626. The molecular formula is C7H10ClNOS. The molecule has 2 aliphatic heterocycles. The summed E-state index contributed by atoms with van der Waals surface area (Å²) in [4.78, 5) is 12.2. The Morgan fingerprint density at radius 2 is 2.27 bits per heavy atom. The Morgan fingerprint density at radius 1 is 1.45 bits per heavy atom. The number of halogens is 1. The van der Waals surface area contributed by atoms with Crippen molar-refractivity contribution >= 4 is 29.3 Å². The van der Waals surface area contributed by atoms with Gasteiger partial charge in [-0.1, -0.05) is 11.8 Å². The van der Waals surface area contributed by atoms with Gasteiger partial charge in [0.1, 0.15) is 0 Å². The lowest BCUT2D eigenvalue weighted by atomic mass is 10.1. The molecule has 2 aliphatic rings. The molecule has 4 heteroatoms. The first-order valence-corrected chi connectivity index (χ1v) is 4.30. The Kier molecular flexibility index (Phi) is 2.98. The van der Waals surface area contributed by atoms with Gasteiger partial charge in [0.15, 0.2) is 5.12 Å². The molecule has 0 aromatic rings. The van der Waals surface area contributed by atoms with Gasteiger partial charge in [0.25, 0.3) is 0 Å². The first-order valence-electron chi connectivity index (χ1n) is 3.48. The van der Waals surface area contributed by atoms with Crippen molar-refractivity contribution in [3.8, 4) is 0 Å².